The minimum atomic E-state index is 0.0645. The summed E-state index contributed by atoms with van der Waals surface area (Å²) >= 11 is 0. The van der Waals surface area contributed by atoms with Gasteiger partial charge < -0.3 is 10.6 Å². The van der Waals surface area contributed by atoms with Crippen LogP contribution in [0, 0.1) is 18.8 Å². The molecule has 1 amide bonds. The van der Waals surface area contributed by atoms with Crippen LogP contribution < -0.4 is 10.6 Å². The summed E-state index contributed by atoms with van der Waals surface area (Å²) in [7, 11) is 0. The van der Waals surface area contributed by atoms with Crippen molar-refractivity contribution in [1.82, 2.24) is 20.6 Å². The molecule has 0 bridgehead atoms. The van der Waals surface area contributed by atoms with Crippen LogP contribution in [0.15, 0.2) is 12.4 Å². The summed E-state index contributed by atoms with van der Waals surface area (Å²) in [6.45, 7) is 6.21. The van der Waals surface area contributed by atoms with Crippen LogP contribution in [0.1, 0.15) is 18.3 Å². The van der Waals surface area contributed by atoms with Crippen molar-refractivity contribution in [2.24, 2.45) is 11.8 Å². The maximum Gasteiger partial charge on any atom is 0.223 e. The lowest BCUT2D eigenvalue weighted by Crippen LogP contribution is -2.49. The molecule has 1 atom stereocenters. The zero-order chi connectivity index (χ0) is 12.3. The maximum atomic E-state index is 11.8. The Morgan fingerprint density at radius 1 is 1.53 bits per heavy atom. The Bertz CT molecular complexity index is 386. The first kappa shape index (κ1) is 12.0. The Kier molecular flexibility index (Phi) is 3.68. The highest BCUT2D eigenvalue weighted by atomic mass is 16.1. The van der Waals surface area contributed by atoms with Crippen molar-refractivity contribution in [2.75, 3.05) is 13.1 Å². The number of carbonyl (C=O) groups excluding carboxylic acids is 1. The molecule has 0 spiro atoms. The standard InChI is InChI=1S/C12H18N4O/c1-8-3-15-11(6-14-8)7-16-12(17)9(2)10-4-13-5-10/h3,6,9-10,13H,4-5,7H2,1-2H3,(H,16,17). The smallest absolute Gasteiger partial charge is 0.223 e. The minimum absolute atomic E-state index is 0.0645. The largest absolute Gasteiger partial charge is 0.350 e. The highest BCUT2D eigenvalue weighted by molar-refractivity contribution is 5.78. The summed E-state index contributed by atoms with van der Waals surface area (Å²) in [6.07, 6.45) is 3.41. The summed E-state index contributed by atoms with van der Waals surface area (Å²) in [5, 5.41) is 6.07. The number of aryl methyl sites for hydroxylation is 1. The van der Waals surface area contributed by atoms with E-state index in [9.17, 15) is 4.79 Å². The molecule has 1 aromatic heterocycles. The SMILES string of the molecule is Cc1cnc(CNC(=O)C(C)C2CNC2)cn1. The number of nitrogens with zero attached hydrogens (tertiary/aromatic N) is 2. The quantitative estimate of drug-likeness (QED) is 0.784. The van der Waals surface area contributed by atoms with Gasteiger partial charge in [-0.2, -0.15) is 0 Å². The van der Waals surface area contributed by atoms with E-state index < -0.39 is 0 Å². The first-order valence-corrected chi connectivity index (χ1v) is 5.93. The van der Waals surface area contributed by atoms with E-state index in [1.165, 1.54) is 0 Å². The van der Waals surface area contributed by atoms with Crippen molar-refractivity contribution in [3.63, 3.8) is 0 Å². The van der Waals surface area contributed by atoms with Crippen LogP contribution in [0.4, 0.5) is 0 Å². The molecule has 1 saturated heterocycles. The van der Waals surface area contributed by atoms with Gasteiger partial charge in [-0.3, -0.25) is 14.8 Å². The zero-order valence-electron chi connectivity index (χ0n) is 10.2. The van der Waals surface area contributed by atoms with E-state index in [0.717, 1.165) is 24.5 Å². The average molecular weight is 234 g/mol. The molecular weight excluding hydrogens is 216 g/mol. The molecule has 5 heteroatoms. The first-order chi connectivity index (χ1) is 8.16. The van der Waals surface area contributed by atoms with E-state index in [0.29, 0.717) is 12.5 Å². The fourth-order valence-electron chi connectivity index (χ4n) is 1.73. The summed E-state index contributed by atoms with van der Waals surface area (Å²) in [5.41, 5.74) is 1.68. The van der Waals surface area contributed by atoms with E-state index in [4.69, 9.17) is 0 Å². The Balaban J connectivity index is 1.81. The normalized spacial score (nSPS) is 17.3. The molecule has 1 aliphatic heterocycles. The van der Waals surface area contributed by atoms with Crippen molar-refractivity contribution in [3.8, 4) is 0 Å². The van der Waals surface area contributed by atoms with E-state index in [2.05, 4.69) is 20.6 Å². The van der Waals surface area contributed by atoms with Gasteiger partial charge in [0.25, 0.3) is 0 Å². The molecule has 2 rings (SSSR count). The lowest BCUT2D eigenvalue weighted by molar-refractivity contribution is -0.126. The van der Waals surface area contributed by atoms with E-state index in [-0.39, 0.29) is 11.8 Å². The van der Waals surface area contributed by atoms with E-state index in [1.807, 2.05) is 13.8 Å². The lowest BCUT2D eigenvalue weighted by Gasteiger charge is -2.31. The second-order valence-corrected chi connectivity index (χ2v) is 4.57. The summed E-state index contributed by atoms with van der Waals surface area (Å²) in [6, 6.07) is 0. The van der Waals surface area contributed by atoms with Gasteiger partial charge in [0.15, 0.2) is 0 Å². The number of carbonyl (C=O) groups is 1. The predicted molar refractivity (Wildman–Crippen MR) is 64.1 cm³/mol. The fraction of sp³-hybridized carbons (Fsp3) is 0.583. The second kappa shape index (κ2) is 5.23. The number of hydrogen-bond acceptors (Lipinski definition) is 4. The zero-order valence-corrected chi connectivity index (χ0v) is 10.2. The number of amides is 1. The Morgan fingerprint density at radius 2 is 2.29 bits per heavy atom. The fourth-order valence-corrected chi connectivity index (χ4v) is 1.73. The molecule has 0 radical (unpaired) electrons. The van der Waals surface area contributed by atoms with Gasteiger partial charge in [-0.1, -0.05) is 6.92 Å². The Hall–Kier alpha value is -1.49. The van der Waals surface area contributed by atoms with Crippen molar-refractivity contribution in [1.29, 1.82) is 0 Å². The van der Waals surface area contributed by atoms with Crippen LogP contribution in [-0.4, -0.2) is 29.0 Å². The highest BCUT2D eigenvalue weighted by Crippen LogP contribution is 2.15. The van der Waals surface area contributed by atoms with Gasteiger partial charge in [-0.25, -0.2) is 0 Å². The highest BCUT2D eigenvalue weighted by Gasteiger charge is 2.28. The summed E-state index contributed by atoms with van der Waals surface area (Å²) in [4.78, 5) is 20.2. The van der Waals surface area contributed by atoms with Crippen LogP contribution >= 0.6 is 0 Å². The summed E-state index contributed by atoms with van der Waals surface area (Å²) < 4.78 is 0. The third-order valence-electron chi connectivity index (χ3n) is 3.21. The lowest BCUT2D eigenvalue weighted by atomic mass is 9.88. The van der Waals surface area contributed by atoms with Gasteiger partial charge in [0.2, 0.25) is 5.91 Å². The van der Waals surface area contributed by atoms with E-state index in [1.54, 1.807) is 12.4 Å². The number of hydrogen-bond donors (Lipinski definition) is 2. The van der Waals surface area contributed by atoms with Crippen LogP contribution in [-0.2, 0) is 11.3 Å². The third kappa shape index (κ3) is 3.00. The van der Waals surface area contributed by atoms with Gasteiger partial charge >= 0.3 is 0 Å². The van der Waals surface area contributed by atoms with Crippen LogP contribution in [0.5, 0.6) is 0 Å². The predicted octanol–water partition coefficient (Wildman–Crippen LogP) is 0.257. The molecule has 17 heavy (non-hydrogen) atoms. The summed E-state index contributed by atoms with van der Waals surface area (Å²) in [5.74, 6) is 0.632. The third-order valence-corrected chi connectivity index (χ3v) is 3.21. The molecule has 0 saturated carbocycles. The molecular formula is C12H18N4O. The molecule has 1 unspecified atom stereocenters. The van der Waals surface area contributed by atoms with Crippen molar-refractivity contribution >= 4 is 5.91 Å². The molecule has 2 N–H and O–H groups in total. The van der Waals surface area contributed by atoms with Gasteiger partial charge in [0.05, 0.1) is 24.1 Å². The Labute approximate surface area is 101 Å². The number of rotatable bonds is 4. The molecule has 92 valence electrons. The van der Waals surface area contributed by atoms with Gasteiger partial charge in [0, 0.05) is 12.1 Å². The van der Waals surface area contributed by atoms with Gasteiger partial charge in [-0.05, 0) is 25.9 Å². The van der Waals surface area contributed by atoms with E-state index >= 15 is 0 Å². The van der Waals surface area contributed by atoms with Crippen LogP contribution in [0.25, 0.3) is 0 Å². The van der Waals surface area contributed by atoms with Crippen molar-refractivity contribution < 1.29 is 4.79 Å². The van der Waals surface area contributed by atoms with Crippen LogP contribution in [0.3, 0.4) is 0 Å². The molecule has 2 heterocycles. The topological polar surface area (TPSA) is 66.9 Å². The Morgan fingerprint density at radius 3 is 2.82 bits per heavy atom. The molecule has 0 aromatic carbocycles. The first-order valence-electron chi connectivity index (χ1n) is 5.93. The molecule has 1 aliphatic rings. The number of nitrogens with one attached hydrogen (secondary N) is 2. The van der Waals surface area contributed by atoms with Gasteiger partial charge in [-0.15, -0.1) is 0 Å². The molecule has 5 nitrogen and oxygen atoms in total. The molecule has 1 aromatic rings. The monoisotopic (exact) mass is 234 g/mol. The van der Waals surface area contributed by atoms with Crippen molar-refractivity contribution in [2.45, 2.75) is 20.4 Å². The van der Waals surface area contributed by atoms with Crippen LogP contribution in [0.2, 0.25) is 0 Å². The second-order valence-electron chi connectivity index (χ2n) is 4.57. The maximum absolute atomic E-state index is 11.8. The minimum Gasteiger partial charge on any atom is -0.350 e. The molecule has 1 fully saturated rings. The number of aromatic nitrogens is 2. The average Bonchev–Trinajstić information content (AvgIpc) is 2.25. The van der Waals surface area contributed by atoms with Crippen molar-refractivity contribution in [3.05, 3.63) is 23.8 Å². The molecule has 0 aliphatic carbocycles. The van der Waals surface area contributed by atoms with Gasteiger partial charge in [0.1, 0.15) is 0 Å².